The van der Waals surface area contributed by atoms with Crippen molar-refractivity contribution in [3.63, 3.8) is 0 Å². The lowest BCUT2D eigenvalue weighted by atomic mass is 10.1. The van der Waals surface area contributed by atoms with E-state index in [1.807, 2.05) is 0 Å². The fourth-order valence-electron chi connectivity index (χ4n) is 4.36. The fraction of sp³-hybridized carbons (Fsp3) is 0.280. The molecule has 3 aromatic heterocycles. The first-order valence-corrected chi connectivity index (χ1v) is 11.9. The molecule has 1 aromatic carbocycles. The maximum atomic E-state index is 14.0. The van der Waals surface area contributed by atoms with Crippen LogP contribution in [0.3, 0.4) is 0 Å². The molecule has 39 heavy (non-hydrogen) atoms. The first-order valence-electron chi connectivity index (χ1n) is 11.9. The fourth-order valence-corrected chi connectivity index (χ4v) is 4.36. The zero-order valence-corrected chi connectivity index (χ0v) is 20.9. The van der Waals surface area contributed by atoms with Crippen molar-refractivity contribution in [3.05, 3.63) is 65.0 Å². The average Bonchev–Trinajstić information content (AvgIpc) is 2.90. The lowest BCUT2D eigenvalue weighted by Crippen LogP contribution is -2.57. The molecular formula is C25H24F4N8O2. The number of piperazine rings is 1. The van der Waals surface area contributed by atoms with Crippen molar-refractivity contribution in [2.24, 2.45) is 0 Å². The molecule has 204 valence electrons. The van der Waals surface area contributed by atoms with Crippen molar-refractivity contribution in [2.75, 3.05) is 49.3 Å². The Morgan fingerprint density at radius 1 is 1.13 bits per heavy atom. The molecule has 0 aliphatic carbocycles. The number of aromatic amines is 1. The summed E-state index contributed by atoms with van der Waals surface area (Å²) in [7, 11) is 2.86. The molecule has 1 aliphatic rings. The second-order valence-corrected chi connectivity index (χ2v) is 8.97. The second-order valence-electron chi connectivity index (χ2n) is 8.97. The van der Waals surface area contributed by atoms with Crippen molar-refractivity contribution in [1.82, 2.24) is 24.8 Å². The van der Waals surface area contributed by atoms with Crippen molar-refractivity contribution in [2.45, 2.75) is 12.2 Å². The van der Waals surface area contributed by atoms with Crippen LogP contribution in [-0.2, 0) is 0 Å². The van der Waals surface area contributed by atoms with Crippen LogP contribution in [0, 0.1) is 5.82 Å². The van der Waals surface area contributed by atoms with Crippen LogP contribution in [0.5, 0.6) is 5.75 Å². The molecule has 1 unspecified atom stereocenters. The van der Waals surface area contributed by atoms with Crippen molar-refractivity contribution in [3.8, 4) is 5.75 Å². The predicted octanol–water partition coefficient (Wildman–Crippen LogP) is 4.03. The molecule has 4 aromatic rings. The van der Waals surface area contributed by atoms with Gasteiger partial charge in [0.05, 0.1) is 24.5 Å². The summed E-state index contributed by atoms with van der Waals surface area (Å²) < 4.78 is 59.8. The molecule has 14 heteroatoms. The molecule has 5 rings (SSSR count). The molecule has 1 atom stereocenters. The number of likely N-dealkylation sites (N-methyl/N-ethyl adjacent to an activating group) is 1. The van der Waals surface area contributed by atoms with E-state index in [9.17, 15) is 22.4 Å². The second kappa shape index (κ2) is 10.4. The van der Waals surface area contributed by atoms with E-state index < -0.39 is 23.6 Å². The third kappa shape index (κ3) is 5.55. The number of pyridine rings is 2. The van der Waals surface area contributed by atoms with Crippen LogP contribution in [-0.4, -0.2) is 70.8 Å². The summed E-state index contributed by atoms with van der Waals surface area (Å²) in [5.41, 5.74) is 0.179. The highest BCUT2D eigenvalue weighted by Crippen LogP contribution is 2.34. The van der Waals surface area contributed by atoms with Crippen LogP contribution >= 0.6 is 0 Å². The smallest absolute Gasteiger partial charge is 0.405 e. The van der Waals surface area contributed by atoms with E-state index in [1.54, 1.807) is 29.2 Å². The van der Waals surface area contributed by atoms with E-state index in [-0.39, 0.29) is 36.0 Å². The Kier molecular flexibility index (Phi) is 6.95. The number of hydrogen-bond donors (Lipinski definition) is 3. The van der Waals surface area contributed by atoms with Crippen LogP contribution in [0.4, 0.5) is 46.5 Å². The molecule has 0 bridgehead atoms. The Bertz CT molecular complexity index is 1560. The Balaban J connectivity index is 1.34. The quantitative estimate of drug-likeness (QED) is 0.310. The van der Waals surface area contributed by atoms with Crippen LogP contribution in [0.15, 0.2) is 53.6 Å². The van der Waals surface area contributed by atoms with Crippen LogP contribution < -0.4 is 25.8 Å². The number of anilines is 5. The van der Waals surface area contributed by atoms with Gasteiger partial charge in [0.15, 0.2) is 11.6 Å². The highest BCUT2D eigenvalue weighted by atomic mass is 19.4. The number of fused-ring (bicyclic) bond motifs is 1. The van der Waals surface area contributed by atoms with Crippen LogP contribution in [0.25, 0.3) is 10.9 Å². The van der Waals surface area contributed by atoms with Gasteiger partial charge in [-0.3, -0.25) is 9.69 Å². The molecule has 10 nitrogen and oxygen atoms in total. The van der Waals surface area contributed by atoms with Gasteiger partial charge in [-0.15, -0.1) is 0 Å². The molecule has 0 amide bonds. The summed E-state index contributed by atoms with van der Waals surface area (Å²) >= 11 is 0. The molecule has 0 radical (unpaired) electrons. The monoisotopic (exact) mass is 544 g/mol. The minimum atomic E-state index is -4.37. The number of halogens is 4. The molecule has 0 saturated carbocycles. The standard InChI is InChI=1S/C25H24F4N8O2/c1-36-8-9-37(13-19(36)25(27,28)29)22-18(39-2)11-15(12-31-22)32-24-30-7-6-20(34-24)33-17-10-14-4-3-5-16(26)21(14)35-23(17)38/h3-7,10-12,19H,8-9,13H2,1-2H3,(H,35,38)(H2,30,32,33,34). The number of aromatic nitrogens is 4. The number of hydrogen-bond acceptors (Lipinski definition) is 9. The molecule has 4 heterocycles. The highest BCUT2D eigenvalue weighted by Gasteiger charge is 2.45. The van der Waals surface area contributed by atoms with Gasteiger partial charge in [-0.1, -0.05) is 12.1 Å². The largest absolute Gasteiger partial charge is 0.493 e. The number of rotatable bonds is 6. The van der Waals surface area contributed by atoms with Gasteiger partial charge in [-0.25, -0.2) is 14.4 Å². The summed E-state index contributed by atoms with van der Waals surface area (Å²) in [6.45, 7) is 0.307. The molecule has 3 N–H and O–H groups in total. The van der Waals surface area contributed by atoms with Crippen molar-refractivity contribution < 1.29 is 22.3 Å². The Hall–Kier alpha value is -4.46. The van der Waals surface area contributed by atoms with E-state index in [0.29, 0.717) is 29.3 Å². The topological polar surface area (TPSA) is 111 Å². The number of nitrogens with zero attached hydrogens (tertiary/aromatic N) is 5. The number of benzene rings is 1. The van der Waals surface area contributed by atoms with Crippen molar-refractivity contribution in [1.29, 1.82) is 0 Å². The van der Waals surface area contributed by atoms with Gasteiger partial charge >= 0.3 is 6.18 Å². The van der Waals surface area contributed by atoms with E-state index in [1.165, 1.54) is 43.6 Å². The number of alkyl halides is 3. The van der Waals surface area contributed by atoms with Crippen LogP contribution in [0.2, 0.25) is 0 Å². The zero-order valence-electron chi connectivity index (χ0n) is 20.9. The zero-order chi connectivity index (χ0) is 27.7. The minimum absolute atomic E-state index is 0.105. The normalized spacial score (nSPS) is 16.4. The Morgan fingerprint density at radius 2 is 1.95 bits per heavy atom. The van der Waals surface area contributed by atoms with Gasteiger partial charge in [0.25, 0.3) is 5.56 Å². The highest BCUT2D eigenvalue weighted by molar-refractivity contribution is 5.82. The summed E-state index contributed by atoms with van der Waals surface area (Å²) in [4.78, 5) is 30.7. The first kappa shape index (κ1) is 26.2. The van der Waals surface area contributed by atoms with E-state index in [2.05, 4.69) is 30.6 Å². The summed E-state index contributed by atoms with van der Waals surface area (Å²) in [6, 6.07) is 7.51. The summed E-state index contributed by atoms with van der Waals surface area (Å²) in [6.07, 6.45) is -1.45. The predicted molar refractivity (Wildman–Crippen MR) is 139 cm³/mol. The molecule has 1 fully saturated rings. The maximum Gasteiger partial charge on any atom is 0.405 e. The van der Waals surface area contributed by atoms with E-state index in [0.717, 1.165) is 0 Å². The molecule has 0 spiro atoms. The van der Waals surface area contributed by atoms with Crippen molar-refractivity contribution >= 4 is 39.9 Å². The lowest BCUT2D eigenvalue weighted by molar-refractivity contribution is -0.180. The number of nitrogens with one attached hydrogen (secondary N) is 3. The van der Waals surface area contributed by atoms with Gasteiger partial charge in [0, 0.05) is 37.3 Å². The van der Waals surface area contributed by atoms with E-state index >= 15 is 0 Å². The number of ether oxygens (including phenoxy) is 1. The minimum Gasteiger partial charge on any atom is -0.493 e. The summed E-state index contributed by atoms with van der Waals surface area (Å²) in [5.74, 6) is 0.508. The molecular weight excluding hydrogens is 520 g/mol. The third-order valence-electron chi connectivity index (χ3n) is 6.38. The van der Waals surface area contributed by atoms with E-state index in [4.69, 9.17) is 4.74 Å². The van der Waals surface area contributed by atoms with Gasteiger partial charge < -0.3 is 25.3 Å². The van der Waals surface area contributed by atoms with Gasteiger partial charge in [0.2, 0.25) is 5.95 Å². The van der Waals surface area contributed by atoms with Gasteiger partial charge in [0.1, 0.15) is 23.4 Å². The SMILES string of the molecule is COc1cc(Nc2nccc(Nc3cc4cccc(F)c4[nH]c3=O)n2)cnc1N1CCN(C)C(C(F)(F)F)C1. The van der Waals surface area contributed by atoms with Gasteiger partial charge in [-0.05, 0) is 25.2 Å². The molecule has 1 aliphatic heterocycles. The average molecular weight is 545 g/mol. The Labute approximate surface area is 219 Å². The van der Waals surface area contributed by atoms with Gasteiger partial charge in [-0.2, -0.15) is 18.2 Å². The third-order valence-corrected chi connectivity index (χ3v) is 6.38. The van der Waals surface area contributed by atoms with Crippen LogP contribution in [0.1, 0.15) is 0 Å². The lowest BCUT2D eigenvalue weighted by Gasteiger charge is -2.40. The number of H-pyrrole nitrogens is 1. The number of para-hydroxylation sites is 1. The maximum absolute atomic E-state index is 14.0. The first-order chi connectivity index (χ1) is 18.6. The Morgan fingerprint density at radius 3 is 2.72 bits per heavy atom. The summed E-state index contributed by atoms with van der Waals surface area (Å²) in [5, 5.41) is 6.39. The molecule has 1 saturated heterocycles. The number of methoxy groups -OCH3 is 1.